The minimum absolute atomic E-state index is 0.628. The van der Waals surface area contributed by atoms with Gasteiger partial charge >= 0.3 is 0 Å². The average molecular weight is 220 g/mol. The molecule has 0 aliphatic heterocycles. The molecule has 0 aromatic heterocycles. The maximum Gasteiger partial charge on any atom is 0.0233 e. The zero-order valence-corrected chi connectivity index (χ0v) is 11.0. The van der Waals surface area contributed by atoms with Crippen LogP contribution in [0.5, 0.6) is 0 Å². The third-order valence-corrected chi connectivity index (χ3v) is 2.76. The molecule has 2 heteroatoms. The van der Waals surface area contributed by atoms with Gasteiger partial charge in [-0.25, -0.2) is 0 Å². The highest BCUT2D eigenvalue weighted by molar-refractivity contribution is 5.30. The van der Waals surface area contributed by atoms with Crippen LogP contribution >= 0.6 is 0 Å². The third kappa shape index (κ3) is 3.95. The summed E-state index contributed by atoms with van der Waals surface area (Å²) >= 11 is 0. The van der Waals surface area contributed by atoms with Crippen LogP contribution in [0.15, 0.2) is 18.2 Å². The van der Waals surface area contributed by atoms with Crippen molar-refractivity contribution in [2.75, 3.05) is 13.6 Å². The molecule has 0 saturated heterocycles. The van der Waals surface area contributed by atoms with E-state index >= 15 is 0 Å². The van der Waals surface area contributed by atoms with E-state index in [0.717, 1.165) is 13.1 Å². The monoisotopic (exact) mass is 220 g/mol. The lowest BCUT2D eigenvalue weighted by Crippen LogP contribution is -2.23. The van der Waals surface area contributed by atoms with E-state index in [1.807, 2.05) is 0 Å². The molecule has 0 amide bonds. The first-order valence-corrected chi connectivity index (χ1v) is 6.00. The van der Waals surface area contributed by atoms with E-state index in [2.05, 4.69) is 50.9 Å². The highest BCUT2D eigenvalue weighted by atomic mass is 15.1. The van der Waals surface area contributed by atoms with Gasteiger partial charge in [0.2, 0.25) is 0 Å². The molecule has 2 nitrogen and oxygen atoms in total. The highest BCUT2D eigenvalue weighted by Gasteiger charge is 2.05. The van der Waals surface area contributed by atoms with Crippen LogP contribution < -0.4 is 5.73 Å². The lowest BCUT2D eigenvalue weighted by Gasteiger charge is -2.20. The molecule has 2 N–H and O–H groups in total. The lowest BCUT2D eigenvalue weighted by molar-refractivity contribution is 0.288. The Balaban J connectivity index is 2.66. The summed E-state index contributed by atoms with van der Waals surface area (Å²) in [4.78, 5) is 2.37. The zero-order chi connectivity index (χ0) is 12.1. The van der Waals surface area contributed by atoms with Gasteiger partial charge in [-0.2, -0.15) is 0 Å². The summed E-state index contributed by atoms with van der Waals surface area (Å²) in [5.41, 5.74) is 9.59. The van der Waals surface area contributed by atoms with Crippen LogP contribution in [0.1, 0.15) is 30.5 Å². The minimum Gasteiger partial charge on any atom is -0.326 e. The van der Waals surface area contributed by atoms with Crippen LogP contribution in [0.3, 0.4) is 0 Å². The number of benzene rings is 1. The third-order valence-electron chi connectivity index (χ3n) is 2.76. The summed E-state index contributed by atoms with van der Waals surface area (Å²) in [7, 11) is 2.18. The quantitative estimate of drug-likeness (QED) is 0.826. The molecule has 0 heterocycles. The molecule has 1 rings (SSSR count). The smallest absolute Gasteiger partial charge is 0.0233 e. The lowest BCUT2D eigenvalue weighted by atomic mass is 10.0. The molecular formula is C14H24N2. The van der Waals surface area contributed by atoms with Crippen molar-refractivity contribution >= 4 is 0 Å². The molecule has 1 aromatic carbocycles. The van der Waals surface area contributed by atoms with Crippen LogP contribution in [-0.2, 0) is 13.1 Å². The molecule has 0 aliphatic carbocycles. The van der Waals surface area contributed by atoms with Crippen molar-refractivity contribution in [3.05, 3.63) is 34.9 Å². The van der Waals surface area contributed by atoms with E-state index in [9.17, 15) is 0 Å². The van der Waals surface area contributed by atoms with Crippen molar-refractivity contribution in [3.8, 4) is 0 Å². The van der Waals surface area contributed by atoms with Crippen molar-refractivity contribution in [2.24, 2.45) is 11.7 Å². The largest absolute Gasteiger partial charge is 0.326 e. The maximum atomic E-state index is 5.63. The molecule has 0 fully saturated rings. The highest BCUT2D eigenvalue weighted by Crippen LogP contribution is 2.13. The second-order valence-corrected chi connectivity index (χ2v) is 5.06. The van der Waals surface area contributed by atoms with E-state index in [1.54, 1.807) is 0 Å². The van der Waals surface area contributed by atoms with Crippen molar-refractivity contribution in [2.45, 2.75) is 33.9 Å². The van der Waals surface area contributed by atoms with Gasteiger partial charge in [-0.1, -0.05) is 32.0 Å². The van der Waals surface area contributed by atoms with E-state index in [-0.39, 0.29) is 0 Å². The summed E-state index contributed by atoms with van der Waals surface area (Å²) in [6.45, 7) is 9.45. The second kappa shape index (κ2) is 6.02. The Hall–Kier alpha value is -0.860. The topological polar surface area (TPSA) is 29.3 Å². The van der Waals surface area contributed by atoms with Gasteiger partial charge < -0.3 is 10.6 Å². The Bertz CT molecular complexity index is 332. The van der Waals surface area contributed by atoms with Gasteiger partial charge in [-0.05, 0) is 36.6 Å². The van der Waals surface area contributed by atoms with E-state index < -0.39 is 0 Å². The fourth-order valence-electron chi connectivity index (χ4n) is 2.04. The molecule has 0 atom stereocenters. The Kier molecular flexibility index (Phi) is 4.97. The summed E-state index contributed by atoms with van der Waals surface area (Å²) in [5, 5.41) is 0. The maximum absolute atomic E-state index is 5.63. The number of rotatable bonds is 5. The predicted molar refractivity (Wildman–Crippen MR) is 70.2 cm³/mol. The van der Waals surface area contributed by atoms with E-state index in [4.69, 9.17) is 5.73 Å². The van der Waals surface area contributed by atoms with Gasteiger partial charge in [0, 0.05) is 19.6 Å². The summed E-state index contributed by atoms with van der Waals surface area (Å²) in [6, 6.07) is 6.53. The zero-order valence-electron chi connectivity index (χ0n) is 11.0. The fourth-order valence-corrected chi connectivity index (χ4v) is 2.04. The Morgan fingerprint density at radius 2 is 2.00 bits per heavy atom. The SMILES string of the molecule is Cc1cc(CN)ccc1CN(C)CC(C)C. The number of nitrogens with zero attached hydrogens (tertiary/aromatic N) is 1. The molecule has 0 radical (unpaired) electrons. The number of hydrogen-bond donors (Lipinski definition) is 1. The van der Waals surface area contributed by atoms with Gasteiger partial charge in [-0.3, -0.25) is 0 Å². The molecule has 16 heavy (non-hydrogen) atoms. The molecular weight excluding hydrogens is 196 g/mol. The Labute approximate surface area is 99.5 Å². The minimum atomic E-state index is 0.628. The fraction of sp³-hybridized carbons (Fsp3) is 0.571. The molecule has 0 bridgehead atoms. The molecule has 0 aliphatic rings. The van der Waals surface area contributed by atoms with Gasteiger partial charge in [0.15, 0.2) is 0 Å². The molecule has 90 valence electrons. The van der Waals surface area contributed by atoms with Crippen LogP contribution in [0.2, 0.25) is 0 Å². The van der Waals surface area contributed by atoms with Crippen LogP contribution in [0, 0.1) is 12.8 Å². The van der Waals surface area contributed by atoms with Crippen molar-refractivity contribution < 1.29 is 0 Å². The van der Waals surface area contributed by atoms with Crippen molar-refractivity contribution in [1.29, 1.82) is 0 Å². The first-order chi connectivity index (χ1) is 7.52. The molecule has 0 unspecified atom stereocenters. The molecule has 0 spiro atoms. The number of nitrogens with two attached hydrogens (primary N) is 1. The van der Waals surface area contributed by atoms with Crippen molar-refractivity contribution in [3.63, 3.8) is 0 Å². The van der Waals surface area contributed by atoms with Gasteiger partial charge in [0.1, 0.15) is 0 Å². The van der Waals surface area contributed by atoms with E-state index in [0.29, 0.717) is 12.5 Å². The van der Waals surface area contributed by atoms with Crippen LogP contribution in [0.25, 0.3) is 0 Å². The number of aryl methyl sites for hydroxylation is 1. The van der Waals surface area contributed by atoms with Crippen LogP contribution in [0.4, 0.5) is 0 Å². The normalized spacial score (nSPS) is 11.4. The standard InChI is InChI=1S/C14H24N2/c1-11(2)9-16(4)10-14-6-5-13(8-15)7-12(14)3/h5-7,11H,8-10,15H2,1-4H3. The molecule has 1 aromatic rings. The number of hydrogen-bond acceptors (Lipinski definition) is 2. The first-order valence-electron chi connectivity index (χ1n) is 6.00. The summed E-state index contributed by atoms with van der Waals surface area (Å²) in [5.74, 6) is 0.716. The van der Waals surface area contributed by atoms with Crippen molar-refractivity contribution in [1.82, 2.24) is 4.90 Å². The Morgan fingerprint density at radius 1 is 1.31 bits per heavy atom. The Morgan fingerprint density at radius 3 is 2.50 bits per heavy atom. The predicted octanol–water partition coefficient (Wildman–Crippen LogP) is 2.54. The summed E-state index contributed by atoms with van der Waals surface area (Å²) < 4.78 is 0. The average Bonchev–Trinajstić information content (AvgIpc) is 2.19. The van der Waals surface area contributed by atoms with Gasteiger partial charge in [-0.15, -0.1) is 0 Å². The van der Waals surface area contributed by atoms with Crippen LogP contribution in [-0.4, -0.2) is 18.5 Å². The van der Waals surface area contributed by atoms with Gasteiger partial charge in [0.05, 0.1) is 0 Å². The molecule has 0 saturated carbocycles. The van der Waals surface area contributed by atoms with Gasteiger partial charge in [0.25, 0.3) is 0 Å². The van der Waals surface area contributed by atoms with E-state index in [1.165, 1.54) is 16.7 Å². The second-order valence-electron chi connectivity index (χ2n) is 5.06. The first kappa shape index (κ1) is 13.2. The summed E-state index contributed by atoms with van der Waals surface area (Å²) in [6.07, 6.45) is 0.